The molecule has 4 nitrogen and oxygen atoms in total. The van der Waals surface area contributed by atoms with Crippen LogP contribution in [0, 0.1) is 22.7 Å². The summed E-state index contributed by atoms with van der Waals surface area (Å²) < 4.78 is 0. The molecule has 0 aliphatic carbocycles. The van der Waals surface area contributed by atoms with E-state index in [1.807, 2.05) is 42.2 Å². The van der Waals surface area contributed by atoms with E-state index >= 15 is 0 Å². The minimum absolute atomic E-state index is 0.0536. The summed E-state index contributed by atoms with van der Waals surface area (Å²) in [7, 11) is 0. The Morgan fingerprint density at radius 1 is 1.28 bits per heavy atom. The molecule has 1 aliphatic heterocycles. The molecule has 1 aliphatic rings. The van der Waals surface area contributed by atoms with E-state index < -0.39 is 0 Å². The Hall–Kier alpha value is -2.46. The highest BCUT2D eigenvalue weighted by Crippen LogP contribution is 2.23. The van der Waals surface area contributed by atoms with Gasteiger partial charge in [-0.2, -0.15) is 10.5 Å². The first kappa shape index (κ1) is 12.0. The molecule has 0 radical (unpaired) electrons. The van der Waals surface area contributed by atoms with E-state index in [0.717, 1.165) is 12.1 Å². The molecule has 0 amide bonds. The second-order valence-electron chi connectivity index (χ2n) is 4.09. The van der Waals surface area contributed by atoms with Crippen molar-refractivity contribution in [2.75, 3.05) is 13.1 Å². The molecule has 0 fully saturated rings. The van der Waals surface area contributed by atoms with Crippen molar-refractivity contribution in [3.05, 3.63) is 47.3 Å². The van der Waals surface area contributed by atoms with E-state index in [4.69, 9.17) is 10.5 Å². The third-order valence-electron chi connectivity index (χ3n) is 3.08. The van der Waals surface area contributed by atoms with Crippen LogP contribution in [-0.4, -0.2) is 18.0 Å². The number of nitriles is 2. The highest BCUT2D eigenvalue weighted by atomic mass is 15.2. The SMILES string of the molecule is CCN1CC(c2ccccc2)NC(C#N)=C1C#N. The van der Waals surface area contributed by atoms with Crippen LogP contribution in [0.2, 0.25) is 0 Å². The Kier molecular flexibility index (Phi) is 3.50. The van der Waals surface area contributed by atoms with E-state index in [1.165, 1.54) is 0 Å². The summed E-state index contributed by atoms with van der Waals surface area (Å²) in [5, 5.41) is 21.4. The summed E-state index contributed by atoms with van der Waals surface area (Å²) in [6.45, 7) is 3.41. The maximum Gasteiger partial charge on any atom is 0.150 e. The predicted molar refractivity (Wildman–Crippen MR) is 67.8 cm³/mol. The quantitative estimate of drug-likeness (QED) is 0.855. The zero-order valence-electron chi connectivity index (χ0n) is 10.2. The molecule has 90 valence electrons. The van der Waals surface area contributed by atoms with Crippen LogP contribution in [0.4, 0.5) is 0 Å². The van der Waals surface area contributed by atoms with Crippen LogP contribution in [0.5, 0.6) is 0 Å². The van der Waals surface area contributed by atoms with Crippen molar-refractivity contribution < 1.29 is 0 Å². The Balaban J connectivity index is 2.34. The Bertz CT molecular complexity index is 533. The van der Waals surface area contributed by atoms with E-state index in [9.17, 15) is 0 Å². The third-order valence-corrected chi connectivity index (χ3v) is 3.08. The number of rotatable bonds is 2. The largest absolute Gasteiger partial charge is 0.366 e. The third kappa shape index (κ3) is 2.14. The summed E-state index contributed by atoms with van der Waals surface area (Å²) in [5.41, 5.74) is 1.92. The first-order chi connectivity index (χ1) is 8.80. The standard InChI is InChI=1S/C14H14N4/c1-2-18-10-13(11-6-4-3-5-7-11)17-12(8-15)14(18)9-16/h3-7,13,17H,2,10H2,1H3. The Morgan fingerprint density at radius 2 is 2.00 bits per heavy atom. The van der Waals surface area contributed by atoms with E-state index in [0.29, 0.717) is 17.9 Å². The van der Waals surface area contributed by atoms with Gasteiger partial charge >= 0.3 is 0 Å². The highest BCUT2D eigenvalue weighted by Gasteiger charge is 2.26. The molecular formula is C14H14N4. The summed E-state index contributed by atoms with van der Waals surface area (Å²) >= 11 is 0. The zero-order chi connectivity index (χ0) is 13.0. The number of likely N-dealkylation sites (N-methyl/N-ethyl adjacent to an activating group) is 1. The van der Waals surface area contributed by atoms with Crippen molar-refractivity contribution in [3.8, 4) is 12.1 Å². The Morgan fingerprint density at radius 3 is 2.56 bits per heavy atom. The topological polar surface area (TPSA) is 62.9 Å². The van der Waals surface area contributed by atoms with Gasteiger partial charge in [0, 0.05) is 13.1 Å². The van der Waals surface area contributed by atoms with Crippen molar-refractivity contribution in [1.82, 2.24) is 10.2 Å². The second kappa shape index (κ2) is 5.25. The maximum absolute atomic E-state index is 9.12. The normalized spacial score (nSPS) is 18.8. The summed E-state index contributed by atoms with van der Waals surface area (Å²) in [6.07, 6.45) is 0. The number of benzene rings is 1. The van der Waals surface area contributed by atoms with Crippen LogP contribution < -0.4 is 5.32 Å². The van der Waals surface area contributed by atoms with Gasteiger partial charge in [-0.3, -0.25) is 0 Å². The molecule has 1 unspecified atom stereocenters. The summed E-state index contributed by atoms with van der Waals surface area (Å²) in [5.74, 6) is 0. The number of allylic oxidation sites excluding steroid dienone is 2. The molecule has 1 aromatic carbocycles. The molecule has 4 heteroatoms. The minimum Gasteiger partial charge on any atom is -0.366 e. The molecule has 18 heavy (non-hydrogen) atoms. The number of hydrogen-bond donors (Lipinski definition) is 1. The maximum atomic E-state index is 9.12. The van der Waals surface area contributed by atoms with Crippen LogP contribution in [0.25, 0.3) is 0 Å². The molecule has 0 bridgehead atoms. The van der Waals surface area contributed by atoms with Gasteiger partial charge in [0.15, 0.2) is 5.70 Å². The van der Waals surface area contributed by atoms with E-state index in [1.54, 1.807) is 0 Å². The molecule has 1 aromatic rings. The van der Waals surface area contributed by atoms with Crippen molar-refractivity contribution in [1.29, 1.82) is 10.5 Å². The average Bonchev–Trinajstić information content (AvgIpc) is 2.46. The summed E-state index contributed by atoms with van der Waals surface area (Å²) in [6, 6.07) is 14.2. The fourth-order valence-corrected chi connectivity index (χ4v) is 2.13. The van der Waals surface area contributed by atoms with Crippen molar-refractivity contribution in [3.63, 3.8) is 0 Å². The lowest BCUT2D eigenvalue weighted by Crippen LogP contribution is -2.40. The van der Waals surface area contributed by atoms with Crippen molar-refractivity contribution >= 4 is 0 Å². The van der Waals surface area contributed by atoms with Crippen molar-refractivity contribution in [2.24, 2.45) is 0 Å². The monoisotopic (exact) mass is 238 g/mol. The summed E-state index contributed by atoms with van der Waals surface area (Å²) in [4.78, 5) is 1.94. The van der Waals surface area contributed by atoms with Gasteiger partial charge in [0.05, 0.1) is 6.04 Å². The minimum atomic E-state index is 0.0536. The lowest BCUT2D eigenvalue weighted by molar-refractivity contribution is 0.303. The number of hydrogen-bond acceptors (Lipinski definition) is 4. The Labute approximate surface area is 107 Å². The van der Waals surface area contributed by atoms with E-state index in [2.05, 4.69) is 17.5 Å². The fourth-order valence-electron chi connectivity index (χ4n) is 2.13. The van der Waals surface area contributed by atoms with Crippen LogP contribution in [0.1, 0.15) is 18.5 Å². The first-order valence-electron chi connectivity index (χ1n) is 5.91. The second-order valence-corrected chi connectivity index (χ2v) is 4.09. The van der Waals surface area contributed by atoms with Crippen LogP contribution >= 0.6 is 0 Å². The van der Waals surface area contributed by atoms with Gasteiger partial charge < -0.3 is 10.2 Å². The molecular weight excluding hydrogens is 224 g/mol. The van der Waals surface area contributed by atoms with Crippen LogP contribution in [0.15, 0.2) is 41.7 Å². The molecule has 1 heterocycles. The van der Waals surface area contributed by atoms with Gasteiger partial charge in [-0.1, -0.05) is 30.3 Å². The van der Waals surface area contributed by atoms with Gasteiger partial charge in [-0.25, -0.2) is 0 Å². The van der Waals surface area contributed by atoms with Gasteiger partial charge in [-0.05, 0) is 12.5 Å². The van der Waals surface area contributed by atoms with Gasteiger partial charge in [-0.15, -0.1) is 0 Å². The molecule has 1 atom stereocenters. The highest BCUT2D eigenvalue weighted by molar-refractivity contribution is 5.38. The molecule has 1 N–H and O–H groups in total. The number of nitrogens with zero attached hydrogens (tertiary/aromatic N) is 3. The zero-order valence-corrected chi connectivity index (χ0v) is 10.2. The average molecular weight is 238 g/mol. The van der Waals surface area contributed by atoms with Gasteiger partial charge in [0.1, 0.15) is 17.8 Å². The fraction of sp³-hybridized carbons (Fsp3) is 0.286. The van der Waals surface area contributed by atoms with Crippen molar-refractivity contribution in [2.45, 2.75) is 13.0 Å². The molecule has 0 aromatic heterocycles. The van der Waals surface area contributed by atoms with Crippen LogP contribution in [-0.2, 0) is 0 Å². The smallest absolute Gasteiger partial charge is 0.150 e. The van der Waals surface area contributed by atoms with Crippen LogP contribution in [0.3, 0.4) is 0 Å². The molecule has 2 rings (SSSR count). The predicted octanol–water partition coefficient (Wildman–Crippen LogP) is 1.91. The van der Waals surface area contributed by atoms with Gasteiger partial charge in [0.25, 0.3) is 0 Å². The number of nitrogens with one attached hydrogen (secondary N) is 1. The first-order valence-corrected chi connectivity index (χ1v) is 5.91. The molecule has 0 saturated carbocycles. The lowest BCUT2D eigenvalue weighted by Gasteiger charge is -2.34. The van der Waals surface area contributed by atoms with Gasteiger partial charge in [0.2, 0.25) is 0 Å². The molecule has 0 saturated heterocycles. The molecule has 0 spiro atoms. The van der Waals surface area contributed by atoms with E-state index in [-0.39, 0.29) is 6.04 Å². The lowest BCUT2D eigenvalue weighted by atomic mass is 10.0.